The molecule has 2 bridgehead atoms. The summed E-state index contributed by atoms with van der Waals surface area (Å²) < 4.78 is 106. The van der Waals surface area contributed by atoms with Gasteiger partial charge in [-0.2, -0.15) is 26.0 Å². The lowest BCUT2D eigenvalue weighted by molar-refractivity contribution is -0.210. The number of ether oxygens (including phenoxy) is 3. The second-order valence-electron chi connectivity index (χ2n) is 7.67. The molecule has 6 unspecified atom stereocenters. The molecule has 0 amide bonds. The van der Waals surface area contributed by atoms with Crippen LogP contribution in [-0.4, -0.2) is 43.5 Å². The van der Waals surface area contributed by atoms with Crippen LogP contribution in [0, 0.1) is 24.9 Å². The van der Waals surface area contributed by atoms with Crippen molar-refractivity contribution in [3.63, 3.8) is 0 Å². The van der Waals surface area contributed by atoms with Crippen molar-refractivity contribution in [1.82, 2.24) is 0 Å². The van der Waals surface area contributed by atoms with Gasteiger partial charge in [-0.15, -0.1) is 0 Å². The molecule has 1 heterocycles. The van der Waals surface area contributed by atoms with Gasteiger partial charge in [0.15, 0.2) is 6.29 Å². The fourth-order valence-electron chi connectivity index (χ4n) is 4.81. The molecule has 3 aliphatic rings. The van der Waals surface area contributed by atoms with E-state index in [-0.39, 0.29) is 12.8 Å². The number of rotatable bonds is 5. The van der Waals surface area contributed by atoms with Crippen LogP contribution in [0.25, 0.3) is 0 Å². The maximum atomic E-state index is 14.5. The summed E-state index contributed by atoms with van der Waals surface area (Å²) in [5.74, 6) is -7.68. The molecule has 1 saturated heterocycles. The van der Waals surface area contributed by atoms with Crippen LogP contribution in [0.1, 0.15) is 24.7 Å². The summed E-state index contributed by atoms with van der Waals surface area (Å²) in [7, 11) is -4.74. The smallest absolute Gasteiger partial charge is 0.431 e. The van der Waals surface area contributed by atoms with Crippen LogP contribution in [0.15, 0.2) is 12.1 Å². The van der Waals surface area contributed by atoms with E-state index in [0.717, 1.165) is 7.14 Å². The zero-order valence-electron chi connectivity index (χ0n) is 15.2. The molecular weight excluding hydrogens is 662 g/mol. The summed E-state index contributed by atoms with van der Waals surface area (Å²) in [6.07, 6.45) is -2.42. The highest BCUT2D eigenvalue weighted by atomic mass is 127. The summed E-state index contributed by atoms with van der Waals surface area (Å²) in [5, 5.41) is -5.58. The first-order valence-corrected chi connectivity index (χ1v) is 12.5. The Kier molecular flexibility index (Phi) is 5.82. The SMILES string of the molecule is COc1c(I)cc(C2OC3C4CC(C3O2)C(C(F)(F)C(F)(F)S(=O)(=O)O)C4)cc1I. The molecule has 1 aliphatic heterocycles. The minimum atomic E-state index is -6.28. The van der Waals surface area contributed by atoms with E-state index in [9.17, 15) is 26.0 Å². The lowest BCUT2D eigenvalue weighted by Crippen LogP contribution is -2.55. The highest BCUT2D eigenvalue weighted by molar-refractivity contribution is 14.1. The van der Waals surface area contributed by atoms with Crippen LogP contribution in [0.3, 0.4) is 0 Å². The first kappa shape index (κ1) is 23.2. The maximum absolute atomic E-state index is 14.5. The molecule has 2 saturated carbocycles. The van der Waals surface area contributed by atoms with Gasteiger partial charge in [0.25, 0.3) is 0 Å². The summed E-state index contributed by atoms with van der Waals surface area (Å²) in [5.41, 5.74) is 0.643. The highest BCUT2D eigenvalue weighted by Gasteiger charge is 2.74. The molecule has 13 heteroatoms. The van der Waals surface area contributed by atoms with Crippen LogP contribution in [0.5, 0.6) is 5.75 Å². The third-order valence-electron chi connectivity index (χ3n) is 6.09. The predicted octanol–water partition coefficient (Wildman–Crippen LogP) is 4.46. The Hall–Kier alpha value is 0.0300. The highest BCUT2D eigenvalue weighted by Crippen LogP contribution is 2.62. The molecule has 0 aromatic heterocycles. The Bertz CT molecular complexity index is 952. The molecule has 0 spiro atoms. The zero-order chi connectivity index (χ0) is 22.2. The normalized spacial score (nSPS) is 33.7. The van der Waals surface area contributed by atoms with Gasteiger partial charge in [0, 0.05) is 11.5 Å². The maximum Gasteiger partial charge on any atom is 0.431 e. The third-order valence-corrected chi connectivity index (χ3v) is 8.62. The van der Waals surface area contributed by atoms with Crippen LogP contribution in [0.4, 0.5) is 17.6 Å². The molecule has 3 fully saturated rings. The van der Waals surface area contributed by atoms with E-state index in [1.165, 1.54) is 7.11 Å². The summed E-state index contributed by atoms with van der Waals surface area (Å²) >= 11 is 4.16. The summed E-state index contributed by atoms with van der Waals surface area (Å²) in [6.45, 7) is 0. The number of halogens is 6. The number of hydrogen-bond acceptors (Lipinski definition) is 5. The van der Waals surface area contributed by atoms with Gasteiger partial charge in [-0.25, -0.2) is 0 Å². The molecule has 6 atom stereocenters. The Balaban J connectivity index is 1.58. The summed E-state index contributed by atoms with van der Waals surface area (Å²) in [4.78, 5) is 0. The Morgan fingerprint density at radius 3 is 2.20 bits per heavy atom. The topological polar surface area (TPSA) is 82.1 Å². The van der Waals surface area contributed by atoms with Crippen molar-refractivity contribution in [2.75, 3.05) is 7.11 Å². The number of fused-ring (bicyclic) bond motifs is 5. The number of hydrogen-bond donors (Lipinski definition) is 1. The second-order valence-corrected chi connectivity index (χ2v) is 11.5. The average molecular weight is 678 g/mol. The molecular formula is C17H16F4I2O6S. The van der Waals surface area contributed by atoms with Gasteiger partial charge in [0.1, 0.15) is 5.75 Å². The van der Waals surface area contributed by atoms with E-state index >= 15 is 0 Å². The molecule has 1 aromatic carbocycles. The first-order valence-electron chi connectivity index (χ1n) is 8.86. The lowest BCUT2D eigenvalue weighted by atomic mass is 9.81. The fourth-order valence-corrected chi connectivity index (χ4v) is 7.56. The monoisotopic (exact) mass is 678 g/mol. The van der Waals surface area contributed by atoms with Crippen molar-refractivity contribution in [3.8, 4) is 5.75 Å². The van der Waals surface area contributed by atoms with Crippen LogP contribution < -0.4 is 4.74 Å². The largest absolute Gasteiger partial charge is 0.495 e. The van der Waals surface area contributed by atoms with E-state index < -0.39 is 57.5 Å². The number of methoxy groups -OCH3 is 1. The minimum absolute atomic E-state index is 0.168. The predicted molar refractivity (Wildman–Crippen MR) is 112 cm³/mol. The van der Waals surface area contributed by atoms with Gasteiger partial charge < -0.3 is 14.2 Å². The van der Waals surface area contributed by atoms with Crippen molar-refractivity contribution >= 4 is 55.3 Å². The van der Waals surface area contributed by atoms with Crippen molar-refractivity contribution in [2.24, 2.45) is 17.8 Å². The Labute approximate surface area is 197 Å². The van der Waals surface area contributed by atoms with Gasteiger partial charge >= 0.3 is 21.3 Å². The van der Waals surface area contributed by atoms with Gasteiger partial charge in [0.05, 0.1) is 26.5 Å². The number of alkyl halides is 4. The lowest BCUT2D eigenvalue weighted by Gasteiger charge is -2.36. The fraction of sp³-hybridized carbons (Fsp3) is 0.647. The molecule has 4 rings (SSSR count). The average Bonchev–Trinajstić information content (AvgIpc) is 3.31. The Morgan fingerprint density at radius 2 is 1.67 bits per heavy atom. The van der Waals surface area contributed by atoms with Gasteiger partial charge in [-0.1, -0.05) is 0 Å². The van der Waals surface area contributed by atoms with E-state index in [4.69, 9.17) is 18.8 Å². The standard InChI is InChI=1S/C17H16F4I2O6S/c1-27-14-10(22)4-7(5-11(14)23)15-28-12-6-2-8(13(12)29-15)9(3-6)16(18,19)17(20,21)30(24,25)26/h4-6,8-9,12-13,15H,2-3H2,1H3,(H,24,25,26). The van der Waals surface area contributed by atoms with Crippen LogP contribution >= 0.6 is 45.2 Å². The van der Waals surface area contributed by atoms with Crippen molar-refractivity contribution in [3.05, 3.63) is 24.8 Å². The van der Waals surface area contributed by atoms with E-state index in [2.05, 4.69) is 45.2 Å². The molecule has 168 valence electrons. The molecule has 0 radical (unpaired) electrons. The molecule has 1 N–H and O–H groups in total. The van der Waals surface area contributed by atoms with Crippen molar-refractivity contribution in [1.29, 1.82) is 0 Å². The number of benzene rings is 1. The third kappa shape index (κ3) is 3.36. The summed E-state index contributed by atoms with van der Waals surface area (Å²) in [6, 6.07) is 3.54. The minimum Gasteiger partial charge on any atom is -0.495 e. The second kappa shape index (κ2) is 7.53. The van der Waals surface area contributed by atoms with Crippen molar-refractivity contribution < 1.29 is 44.7 Å². The van der Waals surface area contributed by atoms with Crippen LogP contribution in [0.2, 0.25) is 0 Å². The molecule has 6 nitrogen and oxygen atoms in total. The van der Waals surface area contributed by atoms with E-state index in [1.807, 2.05) is 0 Å². The van der Waals surface area contributed by atoms with E-state index in [1.54, 1.807) is 12.1 Å². The Morgan fingerprint density at radius 1 is 1.10 bits per heavy atom. The van der Waals surface area contributed by atoms with E-state index in [0.29, 0.717) is 11.3 Å². The van der Waals surface area contributed by atoms with Crippen molar-refractivity contribution in [2.45, 2.75) is 42.5 Å². The van der Waals surface area contributed by atoms with Gasteiger partial charge in [-0.05, 0) is 82.0 Å². The van der Waals surface area contributed by atoms with Gasteiger partial charge in [-0.3, -0.25) is 4.55 Å². The van der Waals surface area contributed by atoms with Crippen LogP contribution in [-0.2, 0) is 19.6 Å². The zero-order valence-corrected chi connectivity index (χ0v) is 20.3. The first-order chi connectivity index (χ1) is 13.8. The molecule has 30 heavy (non-hydrogen) atoms. The quantitative estimate of drug-likeness (QED) is 0.282. The molecule has 1 aromatic rings. The van der Waals surface area contributed by atoms with Gasteiger partial charge in [0.2, 0.25) is 0 Å². The molecule has 2 aliphatic carbocycles.